The summed E-state index contributed by atoms with van der Waals surface area (Å²) in [6.45, 7) is 1.97. The van der Waals surface area contributed by atoms with E-state index < -0.39 is 0 Å². The third-order valence-corrected chi connectivity index (χ3v) is 4.47. The van der Waals surface area contributed by atoms with Crippen LogP contribution in [-0.4, -0.2) is 4.98 Å². The number of para-hydroxylation sites is 2. The number of oxazole rings is 1. The van der Waals surface area contributed by atoms with E-state index in [0.717, 1.165) is 26.0 Å². The number of halogens is 1. The molecule has 0 fully saturated rings. The van der Waals surface area contributed by atoms with Crippen LogP contribution >= 0.6 is 27.7 Å². The fourth-order valence-corrected chi connectivity index (χ4v) is 3.62. The van der Waals surface area contributed by atoms with Crippen molar-refractivity contribution >= 4 is 38.8 Å². The number of hydrogen-bond acceptors (Lipinski definition) is 4. The molecule has 1 aromatic heterocycles. The smallest absolute Gasteiger partial charge is 0.261 e. The van der Waals surface area contributed by atoms with Crippen LogP contribution in [0.4, 0.5) is 0 Å². The first-order chi connectivity index (χ1) is 9.63. The van der Waals surface area contributed by atoms with Crippen molar-refractivity contribution < 1.29 is 4.42 Å². The van der Waals surface area contributed by atoms with Gasteiger partial charge in [-0.3, -0.25) is 0 Å². The van der Waals surface area contributed by atoms with Gasteiger partial charge in [0.25, 0.3) is 5.22 Å². The highest BCUT2D eigenvalue weighted by molar-refractivity contribution is 9.10. The SMILES string of the molecule is CC(N)c1ccc(Sc2nc3ccccc3o2)cc1Br. The van der Waals surface area contributed by atoms with Crippen molar-refractivity contribution in [2.75, 3.05) is 0 Å². The Labute approximate surface area is 129 Å². The summed E-state index contributed by atoms with van der Waals surface area (Å²) in [6.07, 6.45) is 0. The molecule has 0 aliphatic carbocycles. The number of nitrogens with two attached hydrogens (primary N) is 1. The van der Waals surface area contributed by atoms with Crippen molar-refractivity contribution in [2.45, 2.75) is 23.1 Å². The minimum atomic E-state index is 0.00718. The number of hydrogen-bond donors (Lipinski definition) is 1. The highest BCUT2D eigenvalue weighted by Gasteiger charge is 2.10. The Morgan fingerprint density at radius 2 is 2.05 bits per heavy atom. The molecule has 0 aliphatic heterocycles. The maximum absolute atomic E-state index is 5.90. The average Bonchev–Trinajstić information content (AvgIpc) is 2.80. The summed E-state index contributed by atoms with van der Waals surface area (Å²) in [5, 5.41) is 0.645. The molecule has 102 valence electrons. The topological polar surface area (TPSA) is 52.0 Å². The van der Waals surface area contributed by atoms with E-state index in [1.807, 2.05) is 49.4 Å². The fourth-order valence-electron chi connectivity index (χ4n) is 1.94. The second-order valence-corrected chi connectivity index (χ2v) is 6.40. The first-order valence-corrected chi connectivity index (χ1v) is 7.83. The van der Waals surface area contributed by atoms with Gasteiger partial charge in [-0.15, -0.1) is 0 Å². The molecule has 1 unspecified atom stereocenters. The first kappa shape index (κ1) is 13.7. The molecule has 0 saturated carbocycles. The Morgan fingerprint density at radius 1 is 1.25 bits per heavy atom. The van der Waals surface area contributed by atoms with Gasteiger partial charge in [-0.25, -0.2) is 4.98 Å². The molecule has 0 amide bonds. The van der Waals surface area contributed by atoms with Crippen LogP contribution in [-0.2, 0) is 0 Å². The zero-order valence-corrected chi connectivity index (χ0v) is 13.2. The van der Waals surface area contributed by atoms with Gasteiger partial charge in [0, 0.05) is 15.4 Å². The largest absolute Gasteiger partial charge is 0.431 e. The van der Waals surface area contributed by atoms with Crippen LogP contribution in [0, 0.1) is 0 Å². The molecule has 3 nitrogen and oxygen atoms in total. The molecule has 3 aromatic rings. The highest BCUT2D eigenvalue weighted by atomic mass is 79.9. The standard InChI is InChI=1S/C15H13BrN2OS/c1-9(17)11-7-6-10(8-12(11)16)20-15-18-13-4-2-3-5-14(13)19-15/h2-9H,17H2,1H3. The van der Waals surface area contributed by atoms with Gasteiger partial charge in [0.15, 0.2) is 5.58 Å². The van der Waals surface area contributed by atoms with E-state index in [2.05, 4.69) is 20.9 Å². The molecule has 0 saturated heterocycles. The molecular weight excluding hydrogens is 336 g/mol. The predicted molar refractivity (Wildman–Crippen MR) is 84.9 cm³/mol. The zero-order valence-electron chi connectivity index (χ0n) is 10.8. The van der Waals surface area contributed by atoms with E-state index in [1.54, 1.807) is 0 Å². The summed E-state index contributed by atoms with van der Waals surface area (Å²) < 4.78 is 6.71. The van der Waals surface area contributed by atoms with Crippen molar-refractivity contribution in [3.8, 4) is 0 Å². The van der Waals surface area contributed by atoms with Crippen LogP contribution < -0.4 is 5.73 Å². The molecule has 0 spiro atoms. The minimum Gasteiger partial charge on any atom is -0.431 e. The highest BCUT2D eigenvalue weighted by Crippen LogP contribution is 2.33. The fraction of sp³-hybridized carbons (Fsp3) is 0.133. The van der Waals surface area contributed by atoms with Gasteiger partial charge in [-0.1, -0.05) is 34.1 Å². The molecule has 2 aromatic carbocycles. The van der Waals surface area contributed by atoms with Crippen molar-refractivity contribution in [3.63, 3.8) is 0 Å². The number of rotatable bonds is 3. The number of nitrogens with zero attached hydrogens (tertiary/aromatic N) is 1. The summed E-state index contributed by atoms with van der Waals surface area (Å²) in [5.41, 5.74) is 8.67. The average molecular weight is 349 g/mol. The van der Waals surface area contributed by atoms with Gasteiger partial charge in [-0.05, 0) is 48.5 Å². The van der Waals surface area contributed by atoms with Gasteiger partial charge in [0.1, 0.15) is 5.52 Å². The molecule has 20 heavy (non-hydrogen) atoms. The van der Waals surface area contributed by atoms with E-state index in [0.29, 0.717) is 5.22 Å². The summed E-state index contributed by atoms with van der Waals surface area (Å²) in [6, 6.07) is 13.9. The van der Waals surface area contributed by atoms with Crippen LogP contribution in [0.2, 0.25) is 0 Å². The number of benzene rings is 2. The first-order valence-electron chi connectivity index (χ1n) is 6.22. The van der Waals surface area contributed by atoms with Crippen molar-refractivity contribution in [1.82, 2.24) is 4.98 Å². The molecule has 0 radical (unpaired) electrons. The summed E-state index contributed by atoms with van der Waals surface area (Å²) in [4.78, 5) is 5.51. The van der Waals surface area contributed by atoms with Crippen molar-refractivity contribution in [3.05, 3.63) is 52.5 Å². The summed E-state index contributed by atoms with van der Waals surface area (Å²) >= 11 is 5.05. The lowest BCUT2D eigenvalue weighted by Gasteiger charge is -2.09. The van der Waals surface area contributed by atoms with Crippen LogP contribution in [0.3, 0.4) is 0 Å². The predicted octanol–water partition coefficient (Wildman–Crippen LogP) is 4.76. The van der Waals surface area contributed by atoms with Gasteiger partial charge < -0.3 is 10.2 Å². The monoisotopic (exact) mass is 348 g/mol. The maximum Gasteiger partial charge on any atom is 0.261 e. The molecule has 1 atom stereocenters. The zero-order chi connectivity index (χ0) is 14.1. The Hall–Kier alpha value is -1.30. The normalized spacial score (nSPS) is 12.8. The lowest BCUT2D eigenvalue weighted by Crippen LogP contribution is -2.05. The molecular formula is C15H13BrN2OS. The third kappa shape index (κ3) is 2.75. The van der Waals surface area contributed by atoms with E-state index in [1.165, 1.54) is 11.8 Å². The van der Waals surface area contributed by atoms with Crippen LogP contribution in [0.1, 0.15) is 18.5 Å². The van der Waals surface area contributed by atoms with Crippen LogP contribution in [0.15, 0.2) is 61.5 Å². The Bertz CT molecular complexity index is 721. The molecule has 1 heterocycles. The second kappa shape index (κ2) is 5.60. The van der Waals surface area contributed by atoms with Crippen molar-refractivity contribution in [2.24, 2.45) is 5.73 Å². The second-order valence-electron chi connectivity index (χ2n) is 4.52. The quantitative estimate of drug-likeness (QED) is 0.741. The van der Waals surface area contributed by atoms with E-state index in [-0.39, 0.29) is 6.04 Å². The van der Waals surface area contributed by atoms with E-state index in [4.69, 9.17) is 10.2 Å². The Balaban J connectivity index is 1.89. The van der Waals surface area contributed by atoms with Crippen molar-refractivity contribution in [1.29, 1.82) is 0 Å². The summed E-state index contributed by atoms with van der Waals surface area (Å²) in [5.74, 6) is 0. The minimum absolute atomic E-state index is 0.00718. The number of fused-ring (bicyclic) bond motifs is 1. The molecule has 2 N–H and O–H groups in total. The molecule has 0 aliphatic rings. The van der Waals surface area contributed by atoms with Gasteiger partial charge in [-0.2, -0.15) is 0 Å². The third-order valence-electron chi connectivity index (χ3n) is 2.94. The molecule has 0 bridgehead atoms. The van der Waals surface area contributed by atoms with Crippen LogP contribution in [0.5, 0.6) is 0 Å². The lowest BCUT2D eigenvalue weighted by atomic mass is 10.1. The number of aromatic nitrogens is 1. The van der Waals surface area contributed by atoms with Gasteiger partial charge in [0.05, 0.1) is 0 Å². The van der Waals surface area contributed by atoms with E-state index in [9.17, 15) is 0 Å². The Kier molecular flexibility index (Phi) is 3.83. The molecule has 3 rings (SSSR count). The molecule has 5 heteroatoms. The van der Waals surface area contributed by atoms with Gasteiger partial charge >= 0.3 is 0 Å². The van der Waals surface area contributed by atoms with Gasteiger partial charge in [0.2, 0.25) is 0 Å². The lowest BCUT2D eigenvalue weighted by molar-refractivity contribution is 0.489. The summed E-state index contributed by atoms with van der Waals surface area (Å²) in [7, 11) is 0. The maximum atomic E-state index is 5.90. The Morgan fingerprint density at radius 3 is 2.75 bits per heavy atom. The van der Waals surface area contributed by atoms with E-state index >= 15 is 0 Å². The van der Waals surface area contributed by atoms with Crippen LogP contribution in [0.25, 0.3) is 11.1 Å².